The predicted octanol–water partition coefficient (Wildman–Crippen LogP) is 2.39. The lowest BCUT2D eigenvalue weighted by Gasteiger charge is -2.21. The highest BCUT2D eigenvalue weighted by Gasteiger charge is 2.28. The molecule has 0 radical (unpaired) electrons. The first-order valence-corrected chi connectivity index (χ1v) is 5.89. The van der Waals surface area contributed by atoms with Crippen molar-refractivity contribution < 1.29 is 4.39 Å². The minimum Gasteiger partial charge on any atom is -0.374 e. The number of hydrogen-bond donors (Lipinski definition) is 1. The molecule has 1 aromatic carbocycles. The maximum atomic E-state index is 13.0. The third kappa shape index (κ3) is 2.95. The van der Waals surface area contributed by atoms with Gasteiger partial charge in [0.05, 0.1) is 0 Å². The summed E-state index contributed by atoms with van der Waals surface area (Å²) < 4.78 is 13.0. The summed E-state index contributed by atoms with van der Waals surface area (Å²) in [7, 11) is 1.98. The van der Waals surface area contributed by atoms with E-state index < -0.39 is 0 Å². The molecule has 1 aromatic rings. The second-order valence-corrected chi connectivity index (χ2v) is 4.69. The van der Waals surface area contributed by atoms with Gasteiger partial charge in [-0.2, -0.15) is 0 Å². The lowest BCUT2D eigenvalue weighted by Crippen LogP contribution is -2.29. The van der Waals surface area contributed by atoms with Gasteiger partial charge in [0.2, 0.25) is 0 Å². The average Bonchev–Trinajstić information content (AvgIpc) is 3.09. The van der Waals surface area contributed by atoms with Crippen molar-refractivity contribution in [2.75, 3.05) is 18.5 Å². The van der Waals surface area contributed by atoms with Crippen molar-refractivity contribution in [3.63, 3.8) is 0 Å². The molecular weight excluding hydrogens is 203 g/mol. The van der Waals surface area contributed by atoms with Gasteiger partial charge in [0.1, 0.15) is 5.82 Å². The molecule has 0 saturated heterocycles. The van der Waals surface area contributed by atoms with Crippen LogP contribution in [-0.2, 0) is 0 Å². The molecule has 1 unspecified atom stereocenters. The van der Waals surface area contributed by atoms with Gasteiger partial charge in [-0.1, -0.05) is 6.07 Å². The summed E-state index contributed by atoms with van der Waals surface area (Å²) in [6.07, 6.45) is 3.55. The second kappa shape index (κ2) is 4.83. The van der Waals surface area contributed by atoms with Gasteiger partial charge >= 0.3 is 0 Å². The lowest BCUT2D eigenvalue weighted by molar-refractivity contribution is 0.550. The Kier molecular flexibility index (Phi) is 3.44. The van der Waals surface area contributed by atoms with E-state index in [-0.39, 0.29) is 5.82 Å². The van der Waals surface area contributed by atoms with Crippen molar-refractivity contribution >= 4 is 5.69 Å². The number of benzene rings is 1. The largest absolute Gasteiger partial charge is 0.374 e. The van der Waals surface area contributed by atoms with E-state index in [2.05, 4.69) is 4.90 Å². The van der Waals surface area contributed by atoms with E-state index in [0.717, 1.165) is 24.6 Å². The smallest absolute Gasteiger partial charge is 0.125 e. The number of hydrogen-bond acceptors (Lipinski definition) is 2. The van der Waals surface area contributed by atoms with Gasteiger partial charge in [-0.15, -0.1) is 0 Å². The summed E-state index contributed by atoms with van der Waals surface area (Å²) in [6, 6.07) is 7.00. The van der Waals surface area contributed by atoms with E-state index in [0.29, 0.717) is 6.04 Å². The monoisotopic (exact) mass is 222 g/mol. The maximum absolute atomic E-state index is 13.0. The highest BCUT2D eigenvalue weighted by Crippen LogP contribution is 2.32. The van der Waals surface area contributed by atoms with Crippen molar-refractivity contribution in [3.05, 3.63) is 30.1 Å². The van der Waals surface area contributed by atoms with E-state index in [1.165, 1.54) is 18.9 Å². The van der Waals surface area contributed by atoms with Gasteiger partial charge in [-0.3, -0.25) is 0 Å². The number of halogens is 1. The minimum atomic E-state index is -0.184. The van der Waals surface area contributed by atoms with Crippen molar-refractivity contribution in [1.82, 2.24) is 0 Å². The summed E-state index contributed by atoms with van der Waals surface area (Å²) in [4.78, 5) is 2.06. The molecule has 0 heterocycles. The zero-order valence-corrected chi connectivity index (χ0v) is 9.70. The minimum absolute atomic E-state index is 0.184. The normalized spacial score (nSPS) is 17.2. The molecule has 0 aliphatic heterocycles. The predicted molar refractivity (Wildman–Crippen MR) is 65.0 cm³/mol. The van der Waals surface area contributed by atoms with E-state index in [9.17, 15) is 4.39 Å². The summed E-state index contributed by atoms with van der Waals surface area (Å²) >= 11 is 0. The van der Waals surface area contributed by atoms with E-state index >= 15 is 0 Å². The van der Waals surface area contributed by atoms with Crippen LogP contribution in [0.5, 0.6) is 0 Å². The van der Waals surface area contributed by atoms with Gasteiger partial charge in [0.15, 0.2) is 0 Å². The Morgan fingerprint density at radius 3 is 2.88 bits per heavy atom. The fraction of sp³-hybridized carbons (Fsp3) is 0.538. The van der Waals surface area contributed by atoms with E-state index in [1.807, 2.05) is 13.1 Å². The maximum Gasteiger partial charge on any atom is 0.125 e. The Labute approximate surface area is 96.2 Å². The molecule has 2 N–H and O–H groups in total. The van der Waals surface area contributed by atoms with Gasteiger partial charge in [-0.05, 0) is 43.4 Å². The SMILES string of the molecule is CN(CCC(N)C1CC1)c1cccc(F)c1. The number of nitrogens with zero attached hydrogens (tertiary/aromatic N) is 1. The summed E-state index contributed by atoms with van der Waals surface area (Å²) in [5.74, 6) is 0.553. The Balaban J connectivity index is 1.84. The van der Waals surface area contributed by atoms with Crippen LogP contribution in [-0.4, -0.2) is 19.6 Å². The summed E-state index contributed by atoms with van der Waals surface area (Å²) in [6.45, 7) is 0.890. The molecule has 1 atom stereocenters. The molecule has 1 aliphatic carbocycles. The molecule has 1 aliphatic rings. The average molecular weight is 222 g/mol. The van der Waals surface area contributed by atoms with Crippen molar-refractivity contribution in [2.24, 2.45) is 11.7 Å². The molecule has 88 valence electrons. The van der Waals surface area contributed by atoms with Crippen LogP contribution in [0.3, 0.4) is 0 Å². The summed E-state index contributed by atoms with van der Waals surface area (Å²) in [5, 5.41) is 0. The molecule has 2 nitrogen and oxygen atoms in total. The molecule has 0 aromatic heterocycles. The molecule has 0 bridgehead atoms. The topological polar surface area (TPSA) is 29.3 Å². The summed E-state index contributed by atoms with van der Waals surface area (Å²) in [5.41, 5.74) is 6.95. The van der Waals surface area contributed by atoms with Crippen molar-refractivity contribution in [3.8, 4) is 0 Å². The molecule has 0 spiro atoms. The third-order valence-electron chi connectivity index (χ3n) is 3.27. The first kappa shape index (κ1) is 11.4. The standard InChI is InChI=1S/C13H19FN2/c1-16(8-7-13(15)10-5-6-10)12-4-2-3-11(14)9-12/h2-4,9-10,13H,5-8,15H2,1H3. The highest BCUT2D eigenvalue weighted by atomic mass is 19.1. The lowest BCUT2D eigenvalue weighted by atomic mass is 10.1. The zero-order valence-electron chi connectivity index (χ0n) is 9.70. The van der Waals surface area contributed by atoms with Gasteiger partial charge in [-0.25, -0.2) is 4.39 Å². The van der Waals surface area contributed by atoms with Crippen LogP contribution >= 0.6 is 0 Å². The van der Waals surface area contributed by atoms with Gasteiger partial charge < -0.3 is 10.6 Å². The molecule has 3 heteroatoms. The Bertz CT molecular complexity index is 350. The zero-order chi connectivity index (χ0) is 11.5. The molecule has 2 rings (SSSR count). The Morgan fingerprint density at radius 2 is 2.25 bits per heavy atom. The Morgan fingerprint density at radius 1 is 1.50 bits per heavy atom. The van der Waals surface area contributed by atoms with Gasteiger partial charge in [0, 0.05) is 25.3 Å². The van der Waals surface area contributed by atoms with Crippen molar-refractivity contribution in [2.45, 2.75) is 25.3 Å². The molecule has 16 heavy (non-hydrogen) atoms. The molecule has 1 fully saturated rings. The first-order chi connectivity index (χ1) is 7.66. The third-order valence-corrected chi connectivity index (χ3v) is 3.27. The van der Waals surface area contributed by atoms with E-state index in [4.69, 9.17) is 5.73 Å². The molecular formula is C13H19FN2. The highest BCUT2D eigenvalue weighted by molar-refractivity contribution is 5.45. The second-order valence-electron chi connectivity index (χ2n) is 4.69. The molecule has 1 saturated carbocycles. The number of nitrogens with two attached hydrogens (primary N) is 1. The van der Waals surface area contributed by atoms with Crippen LogP contribution in [0.2, 0.25) is 0 Å². The quantitative estimate of drug-likeness (QED) is 0.829. The Hall–Kier alpha value is -1.09. The van der Waals surface area contributed by atoms with Crippen molar-refractivity contribution in [1.29, 1.82) is 0 Å². The van der Waals surface area contributed by atoms with Crippen LogP contribution < -0.4 is 10.6 Å². The fourth-order valence-electron chi connectivity index (χ4n) is 1.95. The van der Waals surface area contributed by atoms with Crippen LogP contribution in [0.1, 0.15) is 19.3 Å². The van der Waals surface area contributed by atoms with Crippen LogP contribution in [0, 0.1) is 11.7 Å². The number of anilines is 1. The fourth-order valence-corrected chi connectivity index (χ4v) is 1.95. The van der Waals surface area contributed by atoms with Crippen LogP contribution in [0.15, 0.2) is 24.3 Å². The molecule has 0 amide bonds. The van der Waals surface area contributed by atoms with E-state index in [1.54, 1.807) is 12.1 Å². The van der Waals surface area contributed by atoms with Crippen LogP contribution in [0.25, 0.3) is 0 Å². The number of rotatable bonds is 5. The van der Waals surface area contributed by atoms with Gasteiger partial charge in [0.25, 0.3) is 0 Å². The first-order valence-electron chi connectivity index (χ1n) is 5.89. The van der Waals surface area contributed by atoms with Crippen LogP contribution in [0.4, 0.5) is 10.1 Å².